The van der Waals surface area contributed by atoms with Crippen molar-refractivity contribution in [3.8, 4) is 5.75 Å². The molecule has 0 aliphatic heterocycles. The number of hydrogen-bond acceptors (Lipinski definition) is 3. The SMILES string of the molecule is CC(=O)c1ccc(NC(=O)C(C)Oc2ccc(I)cc2)cc1. The summed E-state index contributed by atoms with van der Waals surface area (Å²) in [7, 11) is 0. The van der Waals surface area contributed by atoms with Crippen LogP contribution in [0, 0.1) is 3.57 Å². The molecular formula is C17H16INO3. The summed E-state index contributed by atoms with van der Waals surface area (Å²) < 4.78 is 6.70. The molecule has 0 fully saturated rings. The Morgan fingerprint density at radius 2 is 1.64 bits per heavy atom. The molecule has 0 heterocycles. The van der Waals surface area contributed by atoms with E-state index in [-0.39, 0.29) is 11.7 Å². The first kappa shape index (κ1) is 16.5. The van der Waals surface area contributed by atoms with Gasteiger partial charge in [-0.15, -0.1) is 0 Å². The van der Waals surface area contributed by atoms with Gasteiger partial charge in [0.25, 0.3) is 5.91 Å². The van der Waals surface area contributed by atoms with Crippen LogP contribution < -0.4 is 10.1 Å². The molecule has 0 saturated carbocycles. The predicted molar refractivity (Wildman–Crippen MR) is 94.3 cm³/mol. The summed E-state index contributed by atoms with van der Waals surface area (Å²) in [5, 5.41) is 2.76. The highest BCUT2D eigenvalue weighted by Crippen LogP contribution is 2.16. The normalized spacial score (nSPS) is 11.6. The van der Waals surface area contributed by atoms with Crippen molar-refractivity contribution in [2.24, 2.45) is 0 Å². The van der Waals surface area contributed by atoms with E-state index in [2.05, 4.69) is 27.9 Å². The van der Waals surface area contributed by atoms with Crippen molar-refractivity contribution < 1.29 is 14.3 Å². The van der Waals surface area contributed by atoms with E-state index in [1.54, 1.807) is 31.2 Å². The lowest BCUT2D eigenvalue weighted by atomic mass is 10.1. The zero-order chi connectivity index (χ0) is 16.1. The Morgan fingerprint density at radius 3 is 2.18 bits per heavy atom. The van der Waals surface area contributed by atoms with E-state index < -0.39 is 6.10 Å². The largest absolute Gasteiger partial charge is 0.481 e. The Labute approximate surface area is 143 Å². The van der Waals surface area contributed by atoms with Gasteiger partial charge in [0, 0.05) is 14.8 Å². The van der Waals surface area contributed by atoms with Crippen LogP contribution in [-0.2, 0) is 4.79 Å². The van der Waals surface area contributed by atoms with Gasteiger partial charge >= 0.3 is 0 Å². The Kier molecular flexibility index (Phi) is 5.54. The second-order valence-corrected chi connectivity index (χ2v) is 6.08. The zero-order valence-electron chi connectivity index (χ0n) is 12.3. The second-order valence-electron chi connectivity index (χ2n) is 4.84. The van der Waals surface area contributed by atoms with Crippen LogP contribution in [0.25, 0.3) is 0 Å². The van der Waals surface area contributed by atoms with Gasteiger partial charge in [0.05, 0.1) is 0 Å². The van der Waals surface area contributed by atoms with Crippen molar-refractivity contribution in [2.45, 2.75) is 20.0 Å². The first-order valence-electron chi connectivity index (χ1n) is 6.80. The number of ketones is 1. The van der Waals surface area contributed by atoms with Crippen LogP contribution in [0.5, 0.6) is 5.75 Å². The van der Waals surface area contributed by atoms with Gasteiger partial charge in [-0.25, -0.2) is 0 Å². The van der Waals surface area contributed by atoms with Gasteiger partial charge in [-0.05, 0) is 85.0 Å². The monoisotopic (exact) mass is 409 g/mol. The molecule has 22 heavy (non-hydrogen) atoms. The summed E-state index contributed by atoms with van der Waals surface area (Å²) >= 11 is 2.21. The van der Waals surface area contributed by atoms with Gasteiger partial charge in [0.1, 0.15) is 5.75 Å². The van der Waals surface area contributed by atoms with E-state index in [1.165, 1.54) is 6.92 Å². The molecule has 0 saturated heterocycles. The molecule has 4 nitrogen and oxygen atoms in total. The summed E-state index contributed by atoms with van der Waals surface area (Å²) in [6.45, 7) is 3.20. The standard InChI is InChI=1S/C17H16INO3/c1-11(20)13-3-7-15(8-4-13)19-17(21)12(2)22-16-9-5-14(18)6-10-16/h3-10,12H,1-2H3,(H,19,21). The number of ether oxygens (including phenoxy) is 1. The van der Waals surface area contributed by atoms with E-state index >= 15 is 0 Å². The van der Waals surface area contributed by atoms with Gasteiger partial charge in [-0.2, -0.15) is 0 Å². The minimum Gasteiger partial charge on any atom is -0.481 e. The van der Waals surface area contributed by atoms with Gasteiger partial charge in [-0.1, -0.05) is 0 Å². The smallest absolute Gasteiger partial charge is 0.265 e. The first-order valence-corrected chi connectivity index (χ1v) is 7.87. The van der Waals surface area contributed by atoms with Crippen molar-refractivity contribution in [1.29, 1.82) is 0 Å². The minimum absolute atomic E-state index is 0.00622. The number of amides is 1. The third-order valence-electron chi connectivity index (χ3n) is 3.05. The predicted octanol–water partition coefficient (Wildman–Crippen LogP) is 3.90. The summed E-state index contributed by atoms with van der Waals surface area (Å²) in [5.41, 5.74) is 1.24. The summed E-state index contributed by atoms with van der Waals surface area (Å²) in [6, 6.07) is 14.3. The average molecular weight is 409 g/mol. The highest BCUT2D eigenvalue weighted by Gasteiger charge is 2.15. The lowest BCUT2D eigenvalue weighted by Gasteiger charge is -2.15. The molecule has 0 spiro atoms. The molecule has 1 N–H and O–H groups in total. The lowest BCUT2D eigenvalue weighted by molar-refractivity contribution is -0.122. The maximum atomic E-state index is 12.1. The molecule has 1 amide bonds. The maximum absolute atomic E-state index is 12.1. The van der Waals surface area contributed by atoms with Gasteiger partial charge in [0.2, 0.25) is 0 Å². The number of nitrogens with one attached hydrogen (secondary N) is 1. The Morgan fingerprint density at radius 1 is 1.05 bits per heavy atom. The zero-order valence-corrected chi connectivity index (χ0v) is 14.5. The van der Waals surface area contributed by atoms with E-state index in [1.807, 2.05) is 24.3 Å². The van der Waals surface area contributed by atoms with E-state index in [0.717, 1.165) is 3.57 Å². The number of anilines is 1. The van der Waals surface area contributed by atoms with Gasteiger partial charge in [0.15, 0.2) is 11.9 Å². The van der Waals surface area contributed by atoms with Crippen LogP contribution in [0.1, 0.15) is 24.2 Å². The summed E-state index contributed by atoms with van der Waals surface area (Å²) in [6.07, 6.45) is -0.618. The molecule has 0 bridgehead atoms. The Hall–Kier alpha value is -1.89. The number of hydrogen-bond donors (Lipinski definition) is 1. The molecule has 1 unspecified atom stereocenters. The van der Waals surface area contributed by atoms with Crippen molar-refractivity contribution >= 4 is 40.0 Å². The third-order valence-corrected chi connectivity index (χ3v) is 3.77. The number of rotatable bonds is 5. The molecule has 0 aromatic heterocycles. The van der Waals surface area contributed by atoms with Crippen molar-refractivity contribution in [2.75, 3.05) is 5.32 Å². The van der Waals surface area contributed by atoms with Crippen LogP contribution in [0.2, 0.25) is 0 Å². The van der Waals surface area contributed by atoms with Crippen LogP contribution in [0.15, 0.2) is 48.5 Å². The number of halogens is 1. The molecular weight excluding hydrogens is 393 g/mol. The van der Waals surface area contributed by atoms with Crippen LogP contribution >= 0.6 is 22.6 Å². The molecule has 0 radical (unpaired) electrons. The fourth-order valence-electron chi connectivity index (χ4n) is 1.80. The lowest BCUT2D eigenvalue weighted by Crippen LogP contribution is -2.30. The molecule has 0 aliphatic rings. The van der Waals surface area contributed by atoms with Crippen molar-refractivity contribution in [1.82, 2.24) is 0 Å². The van der Waals surface area contributed by atoms with Crippen molar-refractivity contribution in [3.63, 3.8) is 0 Å². The van der Waals surface area contributed by atoms with Crippen molar-refractivity contribution in [3.05, 3.63) is 57.7 Å². The maximum Gasteiger partial charge on any atom is 0.265 e. The highest BCUT2D eigenvalue weighted by molar-refractivity contribution is 14.1. The molecule has 1 atom stereocenters. The molecule has 2 aromatic rings. The number of Topliss-reactive ketones (excluding diaryl/α,β-unsaturated/α-hetero) is 1. The quantitative estimate of drug-likeness (QED) is 0.602. The van der Waals surface area contributed by atoms with Crippen LogP contribution in [-0.4, -0.2) is 17.8 Å². The van der Waals surface area contributed by atoms with Crippen LogP contribution in [0.4, 0.5) is 5.69 Å². The molecule has 2 rings (SSSR count). The molecule has 2 aromatic carbocycles. The summed E-state index contributed by atoms with van der Waals surface area (Å²) in [4.78, 5) is 23.3. The van der Waals surface area contributed by atoms with E-state index in [9.17, 15) is 9.59 Å². The highest BCUT2D eigenvalue weighted by atomic mass is 127. The second kappa shape index (κ2) is 7.40. The average Bonchev–Trinajstić information content (AvgIpc) is 2.50. The minimum atomic E-state index is -0.618. The molecule has 114 valence electrons. The summed E-state index contributed by atoms with van der Waals surface area (Å²) in [5.74, 6) is 0.400. The fraction of sp³-hybridized carbons (Fsp3) is 0.176. The molecule has 0 aliphatic carbocycles. The number of carbonyl (C=O) groups is 2. The fourth-order valence-corrected chi connectivity index (χ4v) is 2.16. The van der Waals surface area contributed by atoms with Crippen LogP contribution in [0.3, 0.4) is 0 Å². The Bertz CT molecular complexity index is 665. The van der Waals surface area contributed by atoms with E-state index in [4.69, 9.17) is 4.74 Å². The number of carbonyl (C=O) groups excluding carboxylic acids is 2. The van der Waals surface area contributed by atoms with Gasteiger partial charge in [-0.3, -0.25) is 9.59 Å². The topological polar surface area (TPSA) is 55.4 Å². The van der Waals surface area contributed by atoms with E-state index in [0.29, 0.717) is 17.0 Å². The Balaban J connectivity index is 1.95. The first-order chi connectivity index (χ1) is 10.5. The number of benzene rings is 2. The third kappa shape index (κ3) is 4.56. The molecule has 5 heteroatoms. The van der Waals surface area contributed by atoms with Gasteiger partial charge < -0.3 is 10.1 Å².